The highest BCUT2D eigenvalue weighted by molar-refractivity contribution is 5.93. The van der Waals surface area contributed by atoms with Crippen molar-refractivity contribution >= 4 is 5.91 Å². The van der Waals surface area contributed by atoms with Crippen molar-refractivity contribution in [3.63, 3.8) is 0 Å². The molecule has 0 saturated heterocycles. The van der Waals surface area contributed by atoms with E-state index in [-0.39, 0.29) is 11.9 Å². The Morgan fingerprint density at radius 3 is 2.46 bits per heavy atom. The van der Waals surface area contributed by atoms with Gasteiger partial charge in [-0.1, -0.05) is 44.2 Å². The topological polar surface area (TPSA) is 50.2 Å². The minimum absolute atomic E-state index is 0.0153. The summed E-state index contributed by atoms with van der Waals surface area (Å²) >= 11 is 0. The Morgan fingerprint density at radius 2 is 1.92 bits per heavy atom. The minimum atomic E-state index is -0.0792. The molecule has 0 bridgehead atoms. The van der Waals surface area contributed by atoms with Gasteiger partial charge in [0.2, 0.25) is 0 Å². The minimum Gasteiger partial charge on any atom is -0.344 e. The summed E-state index contributed by atoms with van der Waals surface area (Å²) in [6, 6.07) is 12.0. The third-order valence-electron chi connectivity index (χ3n) is 4.10. The second kappa shape index (κ2) is 8.11. The Bertz CT molecular complexity index is 661. The fraction of sp³-hybridized carbons (Fsp3) is 0.474. The van der Waals surface area contributed by atoms with E-state index in [9.17, 15) is 4.79 Å². The largest absolute Gasteiger partial charge is 0.344 e. The van der Waals surface area contributed by atoms with Crippen LogP contribution in [0.1, 0.15) is 54.0 Å². The zero-order valence-corrected chi connectivity index (χ0v) is 15.3. The highest BCUT2D eigenvalue weighted by Gasteiger charge is 2.19. The van der Waals surface area contributed by atoms with E-state index in [1.54, 1.807) is 4.68 Å². The van der Waals surface area contributed by atoms with Crippen molar-refractivity contribution < 1.29 is 4.79 Å². The molecule has 0 aliphatic heterocycles. The van der Waals surface area contributed by atoms with Crippen LogP contribution in [0.3, 0.4) is 0 Å². The van der Waals surface area contributed by atoms with E-state index < -0.39 is 0 Å². The van der Waals surface area contributed by atoms with Gasteiger partial charge in [0.05, 0.1) is 11.7 Å². The summed E-state index contributed by atoms with van der Waals surface area (Å²) in [4.78, 5) is 14.9. The molecule has 2 rings (SSSR count). The number of nitrogens with zero attached hydrogens (tertiary/aromatic N) is 3. The van der Waals surface area contributed by atoms with Gasteiger partial charge in [0, 0.05) is 7.05 Å². The molecule has 24 heavy (non-hydrogen) atoms. The molecule has 0 fully saturated rings. The van der Waals surface area contributed by atoms with Crippen LogP contribution in [0.2, 0.25) is 0 Å². The Labute approximate surface area is 144 Å². The summed E-state index contributed by atoms with van der Waals surface area (Å²) in [6.07, 6.45) is 0.859. The van der Waals surface area contributed by atoms with E-state index >= 15 is 0 Å². The van der Waals surface area contributed by atoms with Crippen LogP contribution in [0.15, 0.2) is 36.4 Å². The highest BCUT2D eigenvalue weighted by atomic mass is 16.2. The summed E-state index contributed by atoms with van der Waals surface area (Å²) in [5.74, 6) is 0.223. The van der Waals surface area contributed by atoms with Gasteiger partial charge < -0.3 is 10.2 Å². The Hall–Kier alpha value is -2.14. The van der Waals surface area contributed by atoms with Crippen molar-refractivity contribution in [2.75, 3.05) is 20.6 Å². The van der Waals surface area contributed by atoms with E-state index in [1.807, 2.05) is 45.4 Å². The number of aryl methyl sites for hydroxylation is 1. The smallest absolute Gasteiger partial charge is 0.270 e. The molecule has 5 nitrogen and oxygen atoms in total. The summed E-state index contributed by atoms with van der Waals surface area (Å²) in [5, 5.41) is 7.60. The molecule has 1 aromatic carbocycles. The van der Waals surface area contributed by atoms with Crippen LogP contribution in [0.5, 0.6) is 0 Å². The normalized spacial score (nSPS) is 12.6. The SMILES string of the molecule is CC(C)c1cc(C(=O)NC(CCN(C)C)c2ccccc2)n(C)n1. The predicted molar refractivity (Wildman–Crippen MR) is 97.1 cm³/mol. The van der Waals surface area contributed by atoms with Crippen molar-refractivity contribution in [3.05, 3.63) is 53.3 Å². The van der Waals surface area contributed by atoms with Gasteiger partial charge in [-0.15, -0.1) is 0 Å². The quantitative estimate of drug-likeness (QED) is 0.850. The number of hydrogen-bond donors (Lipinski definition) is 1. The molecule has 1 amide bonds. The average Bonchev–Trinajstić information content (AvgIpc) is 2.94. The lowest BCUT2D eigenvalue weighted by Crippen LogP contribution is -2.32. The van der Waals surface area contributed by atoms with Crippen molar-refractivity contribution in [1.29, 1.82) is 0 Å². The molecular weight excluding hydrogens is 300 g/mol. The summed E-state index contributed by atoms with van der Waals surface area (Å²) in [5.41, 5.74) is 2.66. The first-order valence-corrected chi connectivity index (χ1v) is 8.43. The maximum absolute atomic E-state index is 12.7. The van der Waals surface area contributed by atoms with Crippen LogP contribution >= 0.6 is 0 Å². The van der Waals surface area contributed by atoms with E-state index in [0.717, 1.165) is 24.2 Å². The molecule has 0 spiro atoms. The standard InChI is InChI=1S/C19H28N4O/c1-14(2)17-13-18(23(5)21-17)19(24)20-16(11-12-22(3)4)15-9-7-6-8-10-15/h6-10,13-14,16H,11-12H2,1-5H3,(H,20,24). The Balaban J connectivity index is 2.17. The zero-order valence-electron chi connectivity index (χ0n) is 15.3. The second-order valence-corrected chi connectivity index (χ2v) is 6.76. The number of nitrogens with one attached hydrogen (secondary N) is 1. The van der Waals surface area contributed by atoms with Crippen LogP contribution in [-0.4, -0.2) is 41.2 Å². The van der Waals surface area contributed by atoms with E-state index in [2.05, 4.69) is 41.3 Å². The third-order valence-corrected chi connectivity index (χ3v) is 4.10. The first-order valence-electron chi connectivity index (χ1n) is 8.43. The average molecular weight is 328 g/mol. The first kappa shape index (κ1) is 18.2. The lowest BCUT2D eigenvalue weighted by molar-refractivity contribution is 0.0923. The van der Waals surface area contributed by atoms with Crippen molar-refractivity contribution in [1.82, 2.24) is 20.0 Å². The van der Waals surface area contributed by atoms with Gasteiger partial charge in [0.25, 0.3) is 5.91 Å². The highest BCUT2D eigenvalue weighted by Crippen LogP contribution is 2.19. The van der Waals surface area contributed by atoms with Crippen LogP contribution in [0.4, 0.5) is 0 Å². The fourth-order valence-electron chi connectivity index (χ4n) is 2.61. The van der Waals surface area contributed by atoms with Crippen LogP contribution in [0.25, 0.3) is 0 Å². The number of amides is 1. The van der Waals surface area contributed by atoms with Crippen molar-refractivity contribution in [2.45, 2.75) is 32.2 Å². The van der Waals surface area contributed by atoms with Gasteiger partial charge >= 0.3 is 0 Å². The number of hydrogen-bond acceptors (Lipinski definition) is 3. The number of rotatable bonds is 7. The van der Waals surface area contributed by atoms with Gasteiger partial charge in [-0.2, -0.15) is 5.10 Å². The van der Waals surface area contributed by atoms with Gasteiger partial charge in [0.1, 0.15) is 5.69 Å². The lowest BCUT2D eigenvalue weighted by Gasteiger charge is -2.21. The van der Waals surface area contributed by atoms with Crippen molar-refractivity contribution in [2.24, 2.45) is 7.05 Å². The second-order valence-electron chi connectivity index (χ2n) is 6.76. The Kier molecular flexibility index (Phi) is 6.15. The van der Waals surface area contributed by atoms with E-state index in [4.69, 9.17) is 0 Å². The molecule has 5 heteroatoms. The molecule has 2 aromatic rings. The summed E-state index contributed by atoms with van der Waals surface area (Å²) < 4.78 is 1.67. The zero-order chi connectivity index (χ0) is 17.7. The summed E-state index contributed by atoms with van der Waals surface area (Å²) in [6.45, 7) is 5.06. The number of carbonyl (C=O) groups is 1. The van der Waals surface area contributed by atoms with Crippen molar-refractivity contribution in [3.8, 4) is 0 Å². The van der Waals surface area contributed by atoms with Gasteiger partial charge in [-0.3, -0.25) is 9.48 Å². The third kappa shape index (κ3) is 4.68. The molecule has 0 radical (unpaired) electrons. The molecule has 1 N–H and O–H groups in total. The molecule has 1 unspecified atom stereocenters. The fourth-order valence-corrected chi connectivity index (χ4v) is 2.61. The predicted octanol–water partition coefficient (Wildman–Crippen LogP) is 2.97. The molecule has 0 aliphatic rings. The van der Waals surface area contributed by atoms with Gasteiger partial charge in [0.15, 0.2) is 0 Å². The van der Waals surface area contributed by atoms with E-state index in [1.165, 1.54) is 0 Å². The summed E-state index contributed by atoms with van der Waals surface area (Å²) in [7, 11) is 5.90. The van der Waals surface area contributed by atoms with Crippen LogP contribution < -0.4 is 5.32 Å². The lowest BCUT2D eigenvalue weighted by atomic mass is 10.0. The van der Waals surface area contributed by atoms with Gasteiger partial charge in [-0.05, 0) is 44.6 Å². The number of carbonyl (C=O) groups excluding carboxylic acids is 1. The van der Waals surface area contributed by atoms with E-state index in [0.29, 0.717) is 11.6 Å². The monoisotopic (exact) mass is 328 g/mol. The molecule has 0 saturated carbocycles. The molecular formula is C19H28N4O. The maximum Gasteiger partial charge on any atom is 0.270 e. The number of benzene rings is 1. The van der Waals surface area contributed by atoms with Crippen LogP contribution in [0, 0.1) is 0 Å². The molecule has 1 aromatic heterocycles. The molecule has 1 atom stereocenters. The molecule has 130 valence electrons. The first-order chi connectivity index (χ1) is 11.4. The maximum atomic E-state index is 12.7. The molecule has 1 heterocycles. The number of aromatic nitrogens is 2. The van der Waals surface area contributed by atoms with Crippen LogP contribution in [-0.2, 0) is 7.05 Å². The van der Waals surface area contributed by atoms with Gasteiger partial charge in [-0.25, -0.2) is 0 Å². The molecule has 0 aliphatic carbocycles. The Morgan fingerprint density at radius 1 is 1.25 bits per heavy atom.